The third-order valence-corrected chi connectivity index (χ3v) is 5.14. The minimum Gasteiger partial charge on any atom is -0.493 e. The van der Waals surface area contributed by atoms with Gasteiger partial charge in [0.25, 0.3) is 0 Å². The molecule has 0 unspecified atom stereocenters. The molecule has 0 radical (unpaired) electrons. The Balaban J connectivity index is 1.88. The van der Waals surface area contributed by atoms with Gasteiger partial charge in [0.05, 0.1) is 20.8 Å². The molecular weight excluding hydrogens is 328 g/mol. The van der Waals surface area contributed by atoms with Gasteiger partial charge in [0, 0.05) is 12.6 Å². The smallest absolute Gasteiger partial charge is 0.234 e. The molecule has 0 aliphatic heterocycles. The van der Waals surface area contributed by atoms with E-state index in [-0.39, 0.29) is 5.91 Å². The van der Waals surface area contributed by atoms with E-state index in [0.29, 0.717) is 12.6 Å². The van der Waals surface area contributed by atoms with E-state index < -0.39 is 0 Å². The maximum atomic E-state index is 12.5. The Morgan fingerprint density at radius 1 is 1.08 bits per heavy atom. The van der Waals surface area contributed by atoms with Crippen molar-refractivity contribution in [3.8, 4) is 11.5 Å². The van der Waals surface area contributed by atoms with Gasteiger partial charge in [0.1, 0.15) is 0 Å². The van der Waals surface area contributed by atoms with E-state index in [4.69, 9.17) is 9.47 Å². The lowest BCUT2D eigenvalue weighted by Gasteiger charge is -2.24. The van der Waals surface area contributed by atoms with Gasteiger partial charge in [-0.05, 0) is 37.1 Å². The van der Waals surface area contributed by atoms with Crippen LogP contribution in [-0.2, 0) is 11.3 Å². The van der Waals surface area contributed by atoms with Crippen LogP contribution in [0.15, 0.2) is 18.2 Å². The van der Waals surface area contributed by atoms with Crippen molar-refractivity contribution in [3.63, 3.8) is 0 Å². The first-order valence-electron chi connectivity index (χ1n) is 9.88. The second-order valence-electron chi connectivity index (χ2n) is 7.10. The Bertz CT molecular complexity index is 554. The van der Waals surface area contributed by atoms with Gasteiger partial charge in [-0.15, -0.1) is 0 Å². The summed E-state index contributed by atoms with van der Waals surface area (Å²) in [6.07, 6.45) is 8.64. The van der Waals surface area contributed by atoms with Crippen molar-refractivity contribution in [2.45, 2.75) is 64.5 Å². The molecular formula is C21H34N2O3. The minimum absolute atomic E-state index is 0.137. The number of methoxy groups -OCH3 is 2. The van der Waals surface area contributed by atoms with Crippen LogP contribution in [0, 0.1) is 0 Å². The molecule has 146 valence electrons. The van der Waals surface area contributed by atoms with Gasteiger partial charge in [-0.25, -0.2) is 0 Å². The van der Waals surface area contributed by atoms with E-state index in [9.17, 15) is 4.79 Å². The van der Waals surface area contributed by atoms with Crippen LogP contribution in [0.4, 0.5) is 0 Å². The number of amides is 1. The van der Waals surface area contributed by atoms with E-state index in [2.05, 4.69) is 17.1 Å². The predicted octanol–water partition coefficient (Wildman–Crippen LogP) is 3.75. The van der Waals surface area contributed by atoms with Crippen LogP contribution in [0.3, 0.4) is 0 Å². The molecule has 0 aromatic heterocycles. The Labute approximate surface area is 158 Å². The highest BCUT2D eigenvalue weighted by Crippen LogP contribution is 2.28. The topological polar surface area (TPSA) is 50.8 Å². The first kappa shape index (κ1) is 20.6. The van der Waals surface area contributed by atoms with E-state index in [1.165, 1.54) is 32.1 Å². The van der Waals surface area contributed by atoms with Crippen LogP contribution >= 0.6 is 0 Å². The van der Waals surface area contributed by atoms with E-state index >= 15 is 0 Å². The van der Waals surface area contributed by atoms with Crippen LogP contribution in [0.25, 0.3) is 0 Å². The molecule has 1 aromatic carbocycles. The standard InChI is InChI=1S/C21H34N2O3/c1-4-23(15-17-12-13-19(25-2)20(14-17)26-3)16-21(24)22-18-10-8-6-5-7-9-11-18/h12-14,18H,4-11,15-16H2,1-3H3,(H,22,24). The molecule has 0 bridgehead atoms. The Morgan fingerprint density at radius 3 is 2.35 bits per heavy atom. The summed E-state index contributed by atoms with van der Waals surface area (Å²) in [4.78, 5) is 14.6. The maximum absolute atomic E-state index is 12.5. The molecule has 0 spiro atoms. The molecule has 1 aliphatic rings. The van der Waals surface area contributed by atoms with E-state index in [1.807, 2.05) is 18.2 Å². The number of carbonyl (C=O) groups is 1. The molecule has 1 saturated carbocycles. The molecule has 0 saturated heterocycles. The van der Waals surface area contributed by atoms with Crippen molar-refractivity contribution in [2.24, 2.45) is 0 Å². The summed E-state index contributed by atoms with van der Waals surface area (Å²) in [5, 5.41) is 3.25. The molecule has 1 fully saturated rings. The highest BCUT2D eigenvalue weighted by molar-refractivity contribution is 5.78. The van der Waals surface area contributed by atoms with Gasteiger partial charge >= 0.3 is 0 Å². The SMILES string of the molecule is CCN(CC(=O)NC1CCCCCCC1)Cc1ccc(OC)c(OC)c1. The monoisotopic (exact) mass is 362 g/mol. The van der Waals surface area contributed by atoms with Gasteiger partial charge in [-0.2, -0.15) is 0 Å². The number of hydrogen-bond donors (Lipinski definition) is 1. The zero-order valence-electron chi connectivity index (χ0n) is 16.6. The minimum atomic E-state index is 0.137. The van der Waals surface area contributed by atoms with Crippen molar-refractivity contribution in [1.29, 1.82) is 0 Å². The molecule has 1 aromatic rings. The molecule has 0 heterocycles. The fourth-order valence-corrected chi connectivity index (χ4v) is 3.59. The number of ether oxygens (including phenoxy) is 2. The van der Waals surface area contributed by atoms with Crippen molar-refractivity contribution in [1.82, 2.24) is 10.2 Å². The number of nitrogens with one attached hydrogen (secondary N) is 1. The molecule has 1 aliphatic carbocycles. The molecule has 1 N–H and O–H groups in total. The van der Waals surface area contributed by atoms with Crippen LogP contribution < -0.4 is 14.8 Å². The average molecular weight is 363 g/mol. The van der Waals surface area contributed by atoms with Crippen LogP contribution in [0.2, 0.25) is 0 Å². The van der Waals surface area contributed by atoms with Gasteiger partial charge in [0.2, 0.25) is 5.91 Å². The molecule has 1 amide bonds. The fourth-order valence-electron chi connectivity index (χ4n) is 3.59. The lowest BCUT2D eigenvalue weighted by Crippen LogP contribution is -2.42. The number of carbonyl (C=O) groups excluding carboxylic acids is 1. The molecule has 5 heteroatoms. The average Bonchev–Trinajstić information content (AvgIpc) is 2.63. The van der Waals surface area contributed by atoms with Gasteiger partial charge < -0.3 is 14.8 Å². The maximum Gasteiger partial charge on any atom is 0.234 e. The zero-order valence-corrected chi connectivity index (χ0v) is 16.6. The number of likely N-dealkylation sites (N-methyl/N-ethyl adjacent to an activating group) is 1. The lowest BCUT2D eigenvalue weighted by molar-refractivity contribution is -0.123. The predicted molar refractivity (Wildman–Crippen MR) is 105 cm³/mol. The van der Waals surface area contributed by atoms with Gasteiger partial charge in [-0.3, -0.25) is 9.69 Å². The summed E-state index contributed by atoms with van der Waals surface area (Å²) in [6, 6.07) is 6.27. The quantitative estimate of drug-likeness (QED) is 0.765. The Kier molecular flexibility index (Phi) is 8.75. The first-order valence-corrected chi connectivity index (χ1v) is 9.88. The molecule has 26 heavy (non-hydrogen) atoms. The summed E-state index contributed by atoms with van der Waals surface area (Å²) < 4.78 is 10.7. The summed E-state index contributed by atoms with van der Waals surface area (Å²) in [5.74, 6) is 1.58. The van der Waals surface area contributed by atoms with Crippen molar-refractivity contribution in [2.75, 3.05) is 27.3 Å². The highest BCUT2D eigenvalue weighted by Gasteiger charge is 2.16. The molecule has 5 nitrogen and oxygen atoms in total. The zero-order chi connectivity index (χ0) is 18.8. The highest BCUT2D eigenvalue weighted by atomic mass is 16.5. The van der Waals surface area contributed by atoms with Crippen molar-refractivity contribution >= 4 is 5.91 Å². The second kappa shape index (κ2) is 11.1. The molecule has 2 rings (SSSR count). The summed E-state index contributed by atoms with van der Waals surface area (Å²) in [5.41, 5.74) is 1.11. The van der Waals surface area contributed by atoms with E-state index in [1.54, 1.807) is 14.2 Å². The largest absolute Gasteiger partial charge is 0.493 e. The number of nitrogens with zero attached hydrogens (tertiary/aromatic N) is 1. The Hall–Kier alpha value is -1.75. The number of rotatable bonds is 8. The second-order valence-corrected chi connectivity index (χ2v) is 7.10. The molecule has 0 atom stereocenters. The summed E-state index contributed by atoms with van der Waals surface area (Å²) in [7, 11) is 3.28. The third kappa shape index (κ3) is 6.52. The lowest BCUT2D eigenvalue weighted by atomic mass is 9.97. The van der Waals surface area contributed by atoms with E-state index in [0.717, 1.165) is 43.0 Å². The van der Waals surface area contributed by atoms with Crippen LogP contribution in [-0.4, -0.2) is 44.2 Å². The summed E-state index contributed by atoms with van der Waals surface area (Å²) in [6.45, 7) is 4.06. The van der Waals surface area contributed by atoms with Crippen LogP contribution in [0.1, 0.15) is 57.4 Å². The van der Waals surface area contributed by atoms with Crippen molar-refractivity contribution < 1.29 is 14.3 Å². The first-order chi connectivity index (χ1) is 12.7. The summed E-state index contributed by atoms with van der Waals surface area (Å²) >= 11 is 0. The number of benzene rings is 1. The van der Waals surface area contributed by atoms with Crippen LogP contribution in [0.5, 0.6) is 11.5 Å². The fraction of sp³-hybridized carbons (Fsp3) is 0.667. The normalized spacial score (nSPS) is 16.0. The third-order valence-electron chi connectivity index (χ3n) is 5.14. The number of hydrogen-bond acceptors (Lipinski definition) is 4. The van der Waals surface area contributed by atoms with Crippen molar-refractivity contribution in [3.05, 3.63) is 23.8 Å². The Morgan fingerprint density at radius 2 is 1.73 bits per heavy atom. The van der Waals surface area contributed by atoms with Gasteiger partial charge in [-0.1, -0.05) is 45.1 Å². The van der Waals surface area contributed by atoms with Gasteiger partial charge in [0.15, 0.2) is 11.5 Å².